The predicted molar refractivity (Wildman–Crippen MR) is 79.1 cm³/mol. The third-order valence-corrected chi connectivity index (χ3v) is 4.12. The molecule has 0 saturated carbocycles. The first-order chi connectivity index (χ1) is 9.24. The summed E-state index contributed by atoms with van der Waals surface area (Å²) >= 11 is 1.77. The van der Waals surface area contributed by atoms with Crippen molar-refractivity contribution in [2.45, 2.75) is 19.5 Å². The molecule has 102 valence electrons. The monoisotopic (exact) mass is 277 g/mol. The van der Waals surface area contributed by atoms with Gasteiger partial charge in [-0.2, -0.15) is 0 Å². The van der Waals surface area contributed by atoms with E-state index in [0.717, 1.165) is 23.6 Å². The Morgan fingerprint density at radius 1 is 1.21 bits per heavy atom. The molecule has 0 amide bonds. The molecule has 0 spiro atoms. The maximum Gasteiger partial charge on any atom is 0.127 e. The van der Waals surface area contributed by atoms with E-state index in [1.807, 2.05) is 18.2 Å². The van der Waals surface area contributed by atoms with Gasteiger partial charge >= 0.3 is 0 Å². The molecule has 0 unspecified atom stereocenters. The molecule has 1 aromatic heterocycles. The van der Waals surface area contributed by atoms with Crippen LogP contribution in [-0.4, -0.2) is 14.2 Å². The molecule has 0 aliphatic heterocycles. The lowest BCUT2D eigenvalue weighted by molar-refractivity contribution is 0.389. The maximum atomic E-state index is 5.39. The minimum atomic E-state index is 0.340. The highest BCUT2D eigenvalue weighted by Crippen LogP contribution is 2.25. The van der Waals surface area contributed by atoms with E-state index in [2.05, 4.69) is 29.8 Å². The van der Waals surface area contributed by atoms with Gasteiger partial charge in [0.2, 0.25) is 0 Å². The number of nitrogens with one attached hydrogen (secondary N) is 1. The van der Waals surface area contributed by atoms with Crippen molar-refractivity contribution in [3.05, 3.63) is 46.2 Å². The molecule has 0 radical (unpaired) electrons. The zero-order chi connectivity index (χ0) is 13.7. The second kappa shape index (κ2) is 6.59. The summed E-state index contributed by atoms with van der Waals surface area (Å²) in [6.45, 7) is 2.94. The molecule has 0 aliphatic rings. The zero-order valence-corrected chi connectivity index (χ0v) is 12.3. The van der Waals surface area contributed by atoms with E-state index in [4.69, 9.17) is 9.47 Å². The molecule has 4 heteroatoms. The highest BCUT2D eigenvalue weighted by molar-refractivity contribution is 7.10. The first-order valence-electron chi connectivity index (χ1n) is 6.22. The summed E-state index contributed by atoms with van der Waals surface area (Å²) in [6, 6.07) is 10.5. The zero-order valence-electron chi connectivity index (χ0n) is 11.5. The van der Waals surface area contributed by atoms with Crippen molar-refractivity contribution in [2.24, 2.45) is 0 Å². The Morgan fingerprint density at radius 2 is 2.05 bits per heavy atom. The standard InChI is InChI=1S/C15H19NO2S/c1-11(15-5-4-8-19-15)16-10-12-6-7-13(17-2)9-14(12)18-3/h4-9,11,16H,10H2,1-3H3/t11-/m0/s1. The third-order valence-electron chi connectivity index (χ3n) is 3.06. The van der Waals surface area contributed by atoms with Crippen molar-refractivity contribution < 1.29 is 9.47 Å². The van der Waals surface area contributed by atoms with Crippen molar-refractivity contribution in [1.29, 1.82) is 0 Å². The van der Waals surface area contributed by atoms with E-state index in [0.29, 0.717) is 6.04 Å². The second-order valence-corrected chi connectivity index (χ2v) is 5.28. The number of thiophene rings is 1. The van der Waals surface area contributed by atoms with Crippen LogP contribution in [0.4, 0.5) is 0 Å². The summed E-state index contributed by atoms with van der Waals surface area (Å²) in [4.78, 5) is 1.34. The third kappa shape index (κ3) is 3.49. The highest BCUT2D eigenvalue weighted by Gasteiger charge is 2.09. The summed E-state index contributed by atoms with van der Waals surface area (Å²) in [5, 5.41) is 5.60. The Morgan fingerprint density at radius 3 is 2.68 bits per heavy atom. The molecular formula is C15H19NO2S. The van der Waals surface area contributed by atoms with Crippen LogP contribution in [0.5, 0.6) is 11.5 Å². The van der Waals surface area contributed by atoms with Crippen LogP contribution in [0.25, 0.3) is 0 Å². The number of benzene rings is 1. The molecule has 1 N–H and O–H groups in total. The molecule has 0 bridgehead atoms. The molecule has 0 saturated heterocycles. The number of methoxy groups -OCH3 is 2. The molecule has 1 heterocycles. The molecule has 1 atom stereocenters. The molecule has 0 aliphatic carbocycles. The average Bonchev–Trinajstić information content (AvgIpc) is 2.98. The van der Waals surface area contributed by atoms with E-state index < -0.39 is 0 Å². The molecule has 2 rings (SSSR count). The van der Waals surface area contributed by atoms with Gasteiger partial charge in [-0.05, 0) is 24.4 Å². The number of ether oxygens (including phenoxy) is 2. The van der Waals surface area contributed by atoms with Gasteiger partial charge < -0.3 is 14.8 Å². The van der Waals surface area contributed by atoms with Gasteiger partial charge in [0, 0.05) is 29.1 Å². The van der Waals surface area contributed by atoms with Gasteiger partial charge in [-0.3, -0.25) is 0 Å². The fraction of sp³-hybridized carbons (Fsp3) is 0.333. The molecule has 1 aromatic carbocycles. The van der Waals surface area contributed by atoms with Gasteiger partial charge in [0.15, 0.2) is 0 Å². The fourth-order valence-corrected chi connectivity index (χ4v) is 2.66. The van der Waals surface area contributed by atoms with E-state index in [9.17, 15) is 0 Å². The van der Waals surface area contributed by atoms with Crippen LogP contribution in [0.3, 0.4) is 0 Å². The number of hydrogen-bond donors (Lipinski definition) is 1. The normalized spacial score (nSPS) is 12.2. The van der Waals surface area contributed by atoms with Crippen LogP contribution in [0, 0.1) is 0 Å². The van der Waals surface area contributed by atoms with E-state index in [-0.39, 0.29) is 0 Å². The maximum absolute atomic E-state index is 5.39. The Balaban J connectivity index is 2.03. The lowest BCUT2D eigenvalue weighted by Gasteiger charge is -2.15. The highest BCUT2D eigenvalue weighted by atomic mass is 32.1. The fourth-order valence-electron chi connectivity index (χ4n) is 1.90. The van der Waals surface area contributed by atoms with Crippen molar-refractivity contribution in [1.82, 2.24) is 5.32 Å². The summed E-state index contributed by atoms with van der Waals surface area (Å²) in [5.74, 6) is 1.66. The number of rotatable bonds is 6. The van der Waals surface area contributed by atoms with Crippen molar-refractivity contribution in [3.8, 4) is 11.5 Å². The summed E-state index contributed by atoms with van der Waals surface area (Å²) < 4.78 is 10.6. The Hall–Kier alpha value is -1.52. The molecule has 19 heavy (non-hydrogen) atoms. The first-order valence-corrected chi connectivity index (χ1v) is 7.10. The molecule has 2 aromatic rings. The minimum Gasteiger partial charge on any atom is -0.497 e. The number of hydrogen-bond acceptors (Lipinski definition) is 4. The molecule has 3 nitrogen and oxygen atoms in total. The Kier molecular flexibility index (Phi) is 4.82. The topological polar surface area (TPSA) is 30.5 Å². The molecular weight excluding hydrogens is 258 g/mol. The van der Waals surface area contributed by atoms with Crippen LogP contribution in [-0.2, 0) is 6.54 Å². The van der Waals surface area contributed by atoms with Crippen LogP contribution in [0.15, 0.2) is 35.7 Å². The minimum absolute atomic E-state index is 0.340. The van der Waals surface area contributed by atoms with E-state index in [1.165, 1.54) is 4.88 Å². The van der Waals surface area contributed by atoms with Crippen LogP contribution in [0.2, 0.25) is 0 Å². The van der Waals surface area contributed by atoms with Gasteiger partial charge in [-0.15, -0.1) is 11.3 Å². The van der Waals surface area contributed by atoms with Gasteiger partial charge in [0.05, 0.1) is 14.2 Å². The average molecular weight is 277 g/mol. The quantitative estimate of drug-likeness (QED) is 0.875. The van der Waals surface area contributed by atoms with E-state index >= 15 is 0 Å². The predicted octanol–water partition coefficient (Wildman–Crippen LogP) is 3.62. The van der Waals surface area contributed by atoms with Crippen molar-refractivity contribution in [3.63, 3.8) is 0 Å². The Bertz CT molecular complexity index is 511. The summed E-state index contributed by atoms with van der Waals surface area (Å²) in [5.41, 5.74) is 1.13. The summed E-state index contributed by atoms with van der Waals surface area (Å²) in [7, 11) is 3.34. The summed E-state index contributed by atoms with van der Waals surface area (Å²) in [6.07, 6.45) is 0. The SMILES string of the molecule is COc1ccc(CN[C@@H](C)c2cccs2)c(OC)c1. The lowest BCUT2D eigenvalue weighted by Crippen LogP contribution is -2.17. The van der Waals surface area contributed by atoms with Crippen LogP contribution in [0.1, 0.15) is 23.4 Å². The van der Waals surface area contributed by atoms with E-state index in [1.54, 1.807) is 25.6 Å². The first kappa shape index (κ1) is 13.9. The van der Waals surface area contributed by atoms with Crippen molar-refractivity contribution >= 4 is 11.3 Å². The van der Waals surface area contributed by atoms with Crippen molar-refractivity contribution in [2.75, 3.05) is 14.2 Å². The Labute approximate surface area is 118 Å². The van der Waals surface area contributed by atoms with Crippen LogP contribution >= 0.6 is 11.3 Å². The van der Waals surface area contributed by atoms with Crippen LogP contribution < -0.4 is 14.8 Å². The smallest absolute Gasteiger partial charge is 0.127 e. The largest absolute Gasteiger partial charge is 0.497 e. The van der Waals surface area contributed by atoms with Gasteiger partial charge in [-0.25, -0.2) is 0 Å². The lowest BCUT2D eigenvalue weighted by atomic mass is 10.1. The second-order valence-electron chi connectivity index (χ2n) is 4.30. The van der Waals surface area contributed by atoms with Gasteiger partial charge in [-0.1, -0.05) is 12.1 Å². The molecule has 0 fully saturated rings. The van der Waals surface area contributed by atoms with Gasteiger partial charge in [0.25, 0.3) is 0 Å². The van der Waals surface area contributed by atoms with Gasteiger partial charge in [0.1, 0.15) is 11.5 Å².